The summed E-state index contributed by atoms with van der Waals surface area (Å²) in [6, 6.07) is 7.02. The van der Waals surface area contributed by atoms with Crippen molar-refractivity contribution in [1.82, 2.24) is 0 Å². The Morgan fingerprint density at radius 3 is 1.76 bits per heavy atom. The predicted octanol–water partition coefficient (Wildman–Crippen LogP) is 2.72. The first-order valence-electron chi connectivity index (χ1n) is 5.09. The van der Waals surface area contributed by atoms with Crippen molar-refractivity contribution in [3.8, 4) is 12.1 Å². The van der Waals surface area contributed by atoms with Crippen LogP contribution >= 0.6 is 11.3 Å². The molecule has 0 saturated heterocycles. The Labute approximate surface area is 103 Å². The predicted molar refractivity (Wildman–Crippen MR) is 62.7 cm³/mol. The summed E-state index contributed by atoms with van der Waals surface area (Å²) in [5.41, 5.74) is 0. The van der Waals surface area contributed by atoms with Gasteiger partial charge in [0.1, 0.15) is 0 Å². The first kappa shape index (κ1) is 13.1. The molecule has 0 unspecified atom stereocenters. The van der Waals surface area contributed by atoms with E-state index in [4.69, 9.17) is 10.5 Å². The van der Waals surface area contributed by atoms with Crippen LogP contribution in [0.4, 0.5) is 0 Å². The highest BCUT2D eigenvalue weighted by molar-refractivity contribution is 7.16. The number of carbonyl (C=O) groups excluding carboxylic acids is 2. The molecule has 1 heterocycles. The summed E-state index contributed by atoms with van der Waals surface area (Å²) in [7, 11) is 0. The van der Waals surface area contributed by atoms with Crippen molar-refractivity contribution in [2.24, 2.45) is 0 Å². The number of ketones is 2. The number of Topliss-reactive ketones (excluding diaryl/α,β-unsaturated/α-hetero) is 2. The lowest BCUT2D eigenvalue weighted by Gasteiger charge is -1.93. The van der Waals surface area contributed by atoms with Gasteiger partial charge in [0, 0.05) is 25.7 Å². The van der Waals surface area contributed by atoms with Crippen molar-refractivity contribution < 1.29 is 9.59 Å². The summed E-state index contributed by atoms with van der Waals surface area (Å²) >= 11 is 1.13. The molecule has 0 fully saturated rings. The van der Waals surface area contributed by atoms with Crippen molar-refractivity contribution in [3.05, 3.63) is 21.9 Å². The summed E-state index contributed by atoms with van der Waals surface area (Å²) in [4.78, 5) is 24.1. The van der Waals surface area contributed by atoms with Crippen molar-refractivity contribution in [2.75, 3.05) is 0 Å². The topological polar surface area (TPSA) is 81.7 Å². The van der Waals surface area contributed by atoms with Crippen LogP contribution in [0.2, 0.25) is 0 Å². The van der Waals surface area contributed by atoms with E-state index in [1.807, 2.05) is 12.1 Å². The lowest BCUT2D eigenvalue weighted by Crippen LogP contribution is -1.95. The molecule has 1 rings (SSSR count). The number of hydrogen-bond donors (Lipinski definition) is 0. The number of nitrogens with zero attached hydrogens (tertiary/aromatic N) is 2. The van der Waals surface area contributed by atoms with Gasteiger partial charge >= 0.3 is 0 Å². The van der Waals surface area contributed by atoms with E-state index in [9.17, 15) is 9.59 Å². The lowest BCUT2D eigenvalue weighted by atomic mass is 10.2. The molecule has 0 N–H and O–H groups in total. The minimum Gasteiger partial charge on any atom is -0.293 e. The molecule has 0 radical (unpaired) electrons. The highest BCUT2D eigenvalue weighted by atomic mass is 32.1. The fourth-order valence-corrected chi connectivity index (χ4v) is 2.16. The smallest absolute Gasteiger partial charge is 0.173 e. The highest BCUT2D eigenvalue weighted by Gasteiger charge is 2.13. The van der Waals surface area contributed by atoms with E-state index in [0.29, 0.717) is 9.75 Å². The van der Waals surface area contributed by atoms with Gasteiger partial charge in [-0.15, -0.1) is 11.3 Å². The van der Waals surface area contributed by atoms with E-state index in [1.54, 1.807) is 12.1 Å². The van der Waals surface area contributed by atoms with Crippen molar-refractivity contribution in [2.45, 2.75) is 25.7 Å². The van der Waals surface area contributed by atoms with E-state index in [1.165, 1.54) is 0 Å². The zero-order valence-electron chi connectivity index (χ0n) is 9.10. The lowest BCUT2D eigenvalue weighted by molar-refractivity contribution is 0.0981. The molecule has 0 saturated carbocycles. The molecule has 5 heteroatoms. The van der Waals surface area contributed by atoms with Crippen LogP contribution in [-0.2, 0) is 0 Å². The Kier molecular flexibility index (Phi) is 5.06. The highest BCUT2D eigenvalue weighted by Crippen LogP contribution is 2.20. The van der Waals surface area contributed by atoms with Gasteiger partial charge in [-0.2, -0.15) is 10.5 Å². The number of carbonyl (C=O) groups is 2. The van der Waals surface area contributed by atoms with Crippen molar-refractivity contribution >= 4 is 22.9 Å². The zero-order chi connectivity index (χ0) is 12.7. The molecule has 17 heavy (non-hydrogen) atoms. The molecule has 0 aliphatic heterocycles. The number of hydrogen-bond acceptors (Lipinski definition) is 5. The van der Waals surface area contributed by atoms with Gasteiger partial charge in [0.15, 0.2) is 11.6 Å². The van der Waals surface area contributed by atoms with E-state index >= 15 is 0 Å². The molecule has 4 nitrogen and oxygen atoms in total. The van der Waals surface area contributed by atoms with Crippen LogP contribution in [0.15, 0.2) is 12.1 Å². The molecule has 0 amide bonds. The zero-order valence-corrected chi connectivity index (χ0v) is 9.92. The van der Waals surface area contributed by atoms with Gasteiger partial charge in [0.05, 0.1) is 21.9 Å². The minimum atomic E-state index is -0.115. The van der Waals surface area contributed by atoms with Crippen LogP contribution in [0.25, 0.3) is 0 Å². The van der Waals surface area contributed by atoms with Gasteiger partial charge in [-0.05, 0) is 12.1 Å². The third-order valence-electron chi connectivity index (χ3n) is 2.08. The molecule has 1 aromatic rings. The fraction of sp³-hybridized carbons (Fsp3) is 0.333. The standard InChI is InChI=1S/C12H10N2O2S/c13-7-1-3-9(15)11-5-6-12(17-11)10(16)4-2-8-14/h5-6H,1-4H2. The summed E-state index contributed by atoms with van der Waals surface area (Å²) < 4.78 is 0. The third-order valence-corrected chi connectivity index (χ3v) is 3.25. The second-order valence-corrected chi connectivity index (χ2v) is 4.41. The molecule has 0 bridgehead atoms. The molecule has 0 spiro atoms. The average molecular weight is 246 g/mol. The van der Waals surface area contributed by atoms with Gasteiger partial charge in [-0.3, -0.25) is 9.59 Å². The van der Waals surface area contributed by atoms with Crippen LogP contribution in [0.3, 0.4) is 0 Å². The maximum atomic E-state index is 11.5. The maximum absolute atomic E-state index is 11.5. The first-order chi connectivity index (χ1) is 8.19. The monoisotopic (exact) mass is 246 g/mol. The number of thiophene rings is 1. The van der Waals surface area contributed by atoms with Crippen LogP contribution < -0.4 is 0 Å². The van der Waals surface area contributed by atoms with Crippen molar-refractivity contribution in [1.29, 1.82) is 10.5 Å². The van der Waals surface area contributed by atoms with Gasteiger partial charge in [-0.1, -0.05) is 0 Å². The summed E-state index contributed by atoms with van der Waals surface area (Å²) in [5, 5.41) is 16.7. The first-order valence-corrected chi connectivity index (χ1v) is 5.91. The largest absolute Gasteiger partial charge is 0.293 e. The minimum absolute atomic E-state index is 0.115. The molecule has 0 aromatic carbocycles. The Hall–Kier alpha value is -1.98. The molecular weight excluding hydrogens is 236 g/mol. The Morgan fingerprint density at radius 1 is 1.00 bits per heavy atom. The molecule has 0 atom stereocenters. The Bertz CT molecular complexity index is 461. The summed E-state index contributed by atoms with van der Waals surface area (Å²) in [6.45, 7) is 0. The fourth-order valence-electron chi connectivity index (χ4n) is 1.22. The molecule has 0 aliphatic rings. The molecule has 0 aliphatic carbocycles. The van der Waals surface area contributed by atoms with Crippen LogP contribution in [-0.4, -0.2) is 11.6 Å². The van der Waals surface area contributed by atoms with E-state index in [-0.39, 0.29) is 37.2 Å². The number of nitriles is 2. The molecule has 86 valence electrons. The van der Waals surface area contributed by atoms with Crippen LogP contribution in [0, 0.1) is 22.7 Å². The third kappa shape index (κ3) is 3.82. The van der Waals surface area contributed by atoms with Gasteiger partial charge < -0.3 is 0 Å². The van der Waals surface area contributed by atoms with E-state index < -0.39 is 0 Å². The normalized spacial score (nSPS) is 9.29. The van der Waals surface area contributed by atoms with Gasteiger partial charge in [0.2, 0.25) is 0 Å². The molecule has 1 aromatic heterocycles. The summed E-state index contributed by atoms with van der Waals surface area (Å²) in [5.74, 6) is -0.230. The van der Waals surface area contributed by atoms with E-state index in [0.717, 1.165) is 11.3 Å². The van der Waals surface area contributed by atoms with Gasteiger partial charge in [0.25, 0.3) is 0 Å². The second-order valence-electron chi connectivity index (χ2n) is 3.33. The SMILES string of the molecule is N#CCCC(=O)c1ccc(C(=O)CCC#N)s1. The Balaban J connectivity index is 2.65. The van der Waals surface area contributed by atoms with Gasteiger partial charge in [-0.25, -0.2) is 0 Å². The average Bonchev–Trinajstić information content (AvgIpc) is 2.82. The Morgan fingerprint density at radius 2 is 1.41 bits per heavy atom. The quantitative estimate of drug-likeness (QED) is 0.722. The van der Waals surface area contributed by atoms with E-state index in [2.05, 4.69) is 0 Å². The van der Waals surface area contributed by atoms with Crippen LogP contribution in [0.5, 0.6) is 0 Å². The molecular formula is C12H10N2O2S. The van der Waals surface area contributed by atoms with Crippen molar-refractivity contribution in [3.63, 3.8) is 0 Å². The number of rotatable bonds is 6. The second kappa shape index (κ2) is 6.57. The van der Waals surface area contributed by atoms with Crippen LogP contribution in [0.1, 0.15) is 45.0 Å². The maximum Gasteiger partial charge on any atom is 0.173 e. The summed E-state index contributed by atoms with van der Waals surface area (Å²) in [6.07, 6.45) is 0.745.